The van der Waals surface area contributed by atoms with Gasteiger partial charge in [0.1, 0.15) is 11.3 Å². The number of carbonyl (C=O) groups excluding carboxylic acids is 2. The Hall–Kier alpha value is -3.19. The van der Waals surface area contributed by atoms with Crippen molar-refractivity contribution in [3.63, 3.8) is 0 Å². The van der Waals surface area contributed by atoms with Gasteiger partial charge in [0.05, 0.1) is 0 Å². The van der Waals surface area contributed by atoms with E-state index in [0.717, 1.165) is 15.7 Å². The SMILES string of the molecule is CC(C)C(=O)Nc1ccc(CNC(=O)c2cccnc2Oc2ccc(Br)cc2)cc1. The molecule has 0 unspecified atom stereocenters. The van der Waals surface area contributed by atoms with Crippen LogP contribution in [0.5, 0.6) is 11.6 Å². The molecule has 154 valence electrons. The van der Waals surface area contributed by atoms with E-state index in [9.17, 15) is 9.59 Å². The first-order chi connectivity index (χ1) is 14.4. The lowest BCUT2D eigenvalue weighted by molar-refractivity contribution is -0.118. The van der Waals surface area contributed by atoms with Gasteiger partial charge in [-0.1, -0.05) is 41.9 Å². The van der Waals surface area contributed by atoms with Gasteiger partial charge in [-0.25, -0.2) is 4.98 Å². The Balaban J connectivity index is 1.62. The van der Waals surface area contributed by atoms with Crippen LogP contribution in [0.25, 0.3) is 0 Å². The summed E-state index contributed by atoms with van der Waals surface area (Å²) in [5.74, 6) is 0.421. The van der Waals surface area contributed by atoms with Crippen molar-refractivity contribution in [3.05, 3.63) is 82.5 Å². The Morgan fingerprint density at radius 1 is 1.03 bits per heavy atom. The highest BCUT2D eigenvalue weighted by molar-refractivity contribution is 9.10. The Kier molecular flexibility index (Phi) is 7.19. The van der Waals surface area contributed by atoms with Crippen molar-refractivity contribution in [3.8, 4) is 11.6 Å². The van der Waals surface area contributed by atoms with Crippen molar-refractivity contribution >= 4 is 33.4 Å². The van der Waals surface area contributed by atoms with Crippen LogP contribution in [-0.4, -0.2) is 16.8 Å². The Morgan fingerprint density at radius 2 is 1.73 bits per heavy atom. The second kappa shape index (κ2) is 10.0. The van der Waals surface area contributed by atoms with Crippen LogP contribution in [0.15, 0.2) is 71.3 Å². The van der Waals surface area contributed by atoms with Crippen LogP contribution in [-0.2, 0) is 11.3 Å². The summed E-state index contributed by atoms with van der Waals surface area (Å²) in [5, 5.41) is 5.71. The van der Waals surface area contributed by atoms with E-state index < -0.39 is 0 Å². The zero-order chi connectivity index (χ0) is 21.5. The van der Waals surface area contributed by atoms with Gasteiger partial charge in [0, 0.05) is 28.8 Å². The van der Waals surface area contributed by atoms with Gasteiger partial charge in [-0.3, -0.25) is 9.59 Å². The summed E-state index contributed by atoms with van der Waals surface area (Å²) in [6.07, 6.45) is 1.58. The number of pyridine rings is 1. The fourth-order valence-corrected chi connectivity index (χ4v) is 2.79. The zero-order valence-corrected chi connectivity index (χ0v) is 18.3. The van der Waals surface area contributed by atoms with Crippen molar-refractivity contribution in [1.29, 1.82) is 0 Å². The molecule has 2 aromatic carbocycles. The van der Waals surface area contributed by atoms with E-state index in [1.54, 1.807) is 30.5 Å². The molecule has 30 heavy (non-hydrogen) atoms. The Labute approximate surface area is 183 Å². The number of hydrogen-bond acceptors (Lipinski definition) is 4. The molecule has 0 aliphatic rings. The van der Waals surface area contributed by atoms with Crippen LogP contribution in [0.2, 0.25) is 0 Å². The Morgan fingerprint density at radius 3 is 2.40 bits per heavy atom. The number of carbonyl (C=O) groups is 2. The molecule has 2 N–H and O–H groups in total. The zero-order valence-electron chi connectivity index (χ0n) is 16.7. The first kappa shape index (κ1) is 21.5. The third-order valence-corrected chi connectivity index (χ3v) is 4.77. The van der Waals surface area contributed by atoms with Gasteiger partial charge >= 0.3 is 0 Å². The molecule has 0 bridgehead atoms. The molecule has 3 rings (SSSR count). The molecule has 0 saturated carbocycles. The maximum atomic E-state index is 12.7. The highest BCUT2D eigenvalue weighted by Gasteiger charge is 2.14. The van der Waals surface area contributed by atoms with Crippen molar-refractivity contribution in [1.82, 2.24) is 10.3 Å². The highest BCUT2D eigenvalue weighted by Crippen LogP contribution is 2.24. The Bertz CT molecular complexity index is 1020. The van der Waals surface area contributed by atoms with E-state index in [2.05, 4.69) is 31.5 Å². The average molecular weight is 468 g/mol. The third kappa shape index (κ3) is 5.90. The maximum Gasteiger partial charge on any atom is 0.257 e. The topological polar surface area (TPSA) is 80.3 Å². The first-order valence-electron chi connectivity index (χ1n) is 9.49. The van der Waals surface area contributed by atoms with E-state index in [1.807, 2.05) is 50.2 Å². The molecule has 0 aliphatic carbocycles. The van der Waals surface area contributed by atoms with Gasteiger partial charge in [-0.2, -0.15) is 0 Å². The molecule has 7 heteroatoms. The van der Waals surface area contributed by atoms with Gasteiger partial charge in [0.2, 0.25) is 11.8 Å². The number of rotatable bonds is 7. The number of hydrogen-bond donors (Lipinski definition) is 2. The summed E-state index contributed by atoms with van der Waals surface area (Å²) in [6, 6.07) is 18.0. The standard InChI is InChI=1S/C23H22BrN3O3/c1-15(2)21(28)27-18-9-5-16(6-10-18)14-26-22(29)20-4-3-13-25-23(20)30-19-11-7-17(24)8-12-19/h3-13,15H,14H2,1-2H3,(H,26,29)(H,27,28). The summed E-state index contributed by atoms with van der Waals surface area (Å²) >= 11 is 3.38. The predicted octanol–water partition coefficient (Wildman–Crippen LogP) is 5.16. The van der Waals surface area contributed by atoms with Gasteiger partial charge < -0.3 is 15.4 Å². The van der Waals surface area contributed by atoms with Gasteiger partial charge in [0.15, 0.2) is 0 Å². The number of nitrogens with one attached hydrogen (secondary N) is 2. The van der Waals surface area contributed by atoms with E-state index in [-0.39, 0.29) is 23.6 Å². The average Bonchev–Trinajstić information content (AvgIpc) is 2.75. The number of halogens is 1. The lowest BCUT2D eigenvalue weighted by Crippen LogP contribution is -2.23. The maximum absolute atomic E-state index is 12.7. The molecule has 0 radical (unpaired) electrons. The number of nitrogens with zero attached hydrogens (tertiary/aromatic N) is 1. The molecule has 1 aromatic heterocycles. The minimum Gasteiger partial charge on any atom is -0.438 e. The van der Waals surface area contributed by atoms with Crippen LogP contribution < -0.4 is 15.4 Å². The number of ether oxygens (including phenoxy) is 1. The van der Waals surface area contributed by atoms with Crippen LogP contribution in [0, 0.1) is 5.92 Å². The number of benzene rings is 2. The van der Waals surface area contributed by atoms with Crippen LogP contribution in [0.3, 0.4) is 0 Å². The van der Waals surface area contributed by atoms with E-state index in [0.29, 0.717) is 17.9 Å². The molecule has 0 aliphatic heterocycles. The van der Waals surface area contributed by atoms with Gasteiger partial charge in [-0.15, -0.1) is 0 Å². The highest BCUT2D eigenvalue weighted by atomic mass is 79.9. The minimum atomic E-state index is -0.285. The second-order valence-corrected chi connectivity index (χ2v) is 7.85. The second-order valence-electron chi connectivity index (χ2n) is 6.94. The quantitative estimate of drug-likeness (QED) is 0.502. The monoisotopic (exact) mass is 467 g/mol. The summed E-state index contributed by atoms with van der Waals surface area (Å²) in [7, 11) is 0. The summed E-state index contributed by atoms with van der Waals surface area (Å²) in [4.78, 5) is 28.6. The molecule has 6 nitrogen and oxygen atoms in total. The third-order valence-electron chi connectivity index (χ3n) is 4.24. The molecular weight excluding hydrogens is 446 g/mol. The van der Waals surface area contributed by atoms with Gasteiger partial charge in [0.25, 0.3) is 5.91 Å². The molecule has 0 saturated heterocycles. The van der Waals surface area contributed by atoms with Crippen molar-refractivity contribution in [2.75, 3.05) is 5.32 Å². The molecule has 2 amide bonds. The number of amides is 2. The van der Waals surface area contributed by atoms with Crippen LogP contribution >= 0.6 is 15.9 Å². The molecule has 3 aromatic rings. The minimum absolute atomic E-state index is 0.0362. The normalized spacial score (nSPS) is 10.5. The summed E-state index contributed by atoms with van der Waals surface area (Å²) < 4.78 is 6.71. The molecular formula is C23H22BrN3O3. The molecule has 0 spiro atoms. The smallest absolute Gasteiger partial charge is 0.257 e. The first-order valence-corrected chi connectivity index (χ1v) is 10.3. The fraction of sp³-hybridized carbons (Fsp3) is 0.174. The number of aromatic nitrogens is 1. The summed E-state index contributed by atoms with van der Waals surface area (Å²) in [6.45, 7) is 4.02. The largest absolute Gasteiger partial charge is 0.438 e. The van der Waals surface area contributed by atoms with E-state index in [4.69, 9.17) is 4.74 Å². The lowest BCUT2D eigenvalue weighted by atomic mass is 10.1. The van der Waals surface area contributed by atoms with E-state index >= 15 is 0 Å². The summed E-state index contributed by atoms with van der Waals surface area (Å²) in [5.41, 5.74) is 1.98. The van der Waals surface area contributed by atoms with E-state index in [1.165, 1.54) is 0 Å². The molecule has 0 fully saturated rings. The van der Waals surface area contributed by atoms with Gasteiger partial charge in [-0.05, 0) is 54.1 Å². The number of anilines is 1. The van der Waals surface area contributed by atoms with Crippen molar-refractivity contribution < 1.29 is 14.3 Å². The van der Waals surface area contributed by atoms with Crippen LogP contribution in [0.1, 0.15) is 29.8 Å². The molecule has 1 heterocycles. The van der Waals surface area contributed by atoms with Crippen LogP contribution in [0.4, 0.5) is 5.69 Å². The molecule has 0 atom stereocenters. The lowest BCUT2D eigenvalue weighted by Gasteiger charge is -2.11. The van der Waals surface area contributed by atoms with Crippen molar-refractivity contribution in [2.45, 2.75) is 20.4 Å². The predicted molar refractivity (Wildman–Crippen MR) is 120 cm³/mol. The fourth-order valence-electron chi connectivity index (χ4n) is 2.53. The van der Waals surface area contributed by atoms with Crippen molar-refractivity contribution in [2.24, 2.45) is 5.92 Å².